The standard InChI is InChI=1S/C21H34N6O2/c22-17(15-16-9-4-3-5-10-16)20(29)27-14-8-11-18(27)19(28)25-12-6-1-2-7-13-26-21(23)24/h3-5,9-10,17-18H,1-2,6-8,11-15,22H2,(H,25,28)(H4,23,24,26)/t17-,18+/m1/s1. The molecule has 2 rings (SSSR count). The molecule has 1 aliphatic heterocycles. The lowest BCUT2D eigenvalue weighted by molar-refractivity contribution is -0.139. The normalized spacial score (nSPS) is 17.0. The summed E-state index contributed by atoms with van der Waals surface area (Å²) in [6.07, 6.45) is 5.81. The van der Waals surface area contributed by atoms with Crippen LogP contribution in [0.3, 0.4) is 0 Å². The third-order valence-electron chi connectivity index (χ3n) is 5.13. The average molecular weight is 403 g/mol. The Morgan fingerprint density at radius 1 is 1.14 bits per heavy atom. The fourth-order valence-corrected chi connectivity index (χ4v) is 3.60. The van der Waals surface area contributed by atoms with E-state index in [9.17, 15) is 9.59 Å². The molecule has 1 fully saturated rings. The van der Waals surface area contributed by atoms with E-state index < -0.39 is 12.1 Å². The second-order valence-corrected chi connectivity index (χ2v) is 7.50. The molecular formula is C21H34N6O2. The third kappa shape index (κ3) is 7.73. The van der Waals surface area contributed by atoms with Crippen molar-refractivity contribution in [3.63, 3.8) is 0 Å². The number of nitrogens with zero attached hydrogens (tertiary/aromatic N) is 2. The van der Waals surface area contributed by atoms with Gasteiger partial charge in [-0.1, -0.05) is 43.2 Å². The summed E-state index contributed by atoms with van der Waals surface area (Å²) in [5.74, 6) is -0.106. The second kappa shape index (κ2) is 12.1. The number of likely N-dealkylation sites (tertiary alicyclic amines) is 1. The van der Waals surface area contributed by atoms with Crippen molar-refractivity contribution in [2.75, 3.05) is 19.6 Å². The van der Waals surface area contributed by atoms with Crippen molar-refractivity contribution in [3.05, 3.63) is 35.9 Å². The Morgan fingerprint density at radius 3 is 2.59 bits per heavy atom. The molecule has 2 amide bonds. The maximum absolute atomic E-state index is 12.8. The van der Waals surface area contributed by atoms with Crippen LogP contribution in [-0.2, 0) is 16.0 Å². The lowest BCUT2D eigenvalue weighted by atomic mass is 10.1. The molecule has 0 aliphatic carbocycles. The highest BCUT2D eigenvalue weighted by atomic mass is 16.2. The molecule has 2 atom stereocenters. The molecule has 7 N–H and O–H groups in total. The summed E-state index contributed by atoms with van der Waals surface area (Å²) in [5.41, 5.74) is 17.7. The maximum atomic E-state index is 12.8. The lowest BCUT2D eigenvalue weighted by Gasteiger charge is -2.26. The topological polar surface area (TPSA) is 140 Å². The minimum absolute atomic E-state index is 0.0803. The van der Waals surface area contributed by atoms with Gasteiger partial charge in [0.2, 0.25) is 11.8 Å². The van der Waals surface area contributed by atoms with Gasteiger partial charge < -0.3 is 27.4 Å². The number of rotatable bonds is 11. The van der Waals surface area contributed by atoms with Crippen LogP contribution in [-0.4, -0.2) is 54.4 Å². The number of benzene rings is 1. The zero-order valence-corrected chi connectivity index (χ0v) is 17.1. The second-order valence-electron chi connectivity index (χ2n) is 7.50. The van der Waals surface area contributed by atoms with Gasteiger partial charge in [-0.3, -0.25) is 14.6 Å². The molecule has 0 unspecified atom stereocenters. The molecule has 29 heavy (non-hydrogen) atoms. The van der Waals surface area contributed by atoms with Gasteiger partial charge in [0.25, 0.3) is 0 Å². The quantitative estimate of drug-likeness (QED) is 0.242. The molecule has 8 nitrogen and oxygen atoms in total. The fourth-order valence-electron chi connectivity index (χ4n) is 3.60. The number of carbonyl (C=O) groups excluding carboxylic acids is 2. The van der Waals surface area contributed by atoms with Crippen molar-refractivity contribution < 1.29 is 9.59 Å². The number of hydrogen-bond acceptors (Lipinski definition) is 4. The van der Waals surface area contributed by atoms with Crippen LogP contribution in [0.15, 0.2) is 35.3 Å². The summed E-state index contributed by atoms with van der Waals surface area (Å²) >= 11 is 0. The van der Waals surface area contributed by atoms with E-state index in [0.29, 0.717) is 32.5 Å². The van der Waals surface area contributed by atoms with Gasteiger partial charge in [-0.2, -0.15) is 0 Å². The predicted molar refractivity (Wildman–Crippen MR) is 115 cm³/mol. The molecule has 1 aliphatic rings. The van der Waals surface area contributed by atoms with E-state index >= 15 is 0 Å². The fraction of sp³-hybridized carbons (Fsp3) is 0.571. The highest BCUT2D eigenvalue weighted by Gasteiger charge is 2.35. The van der Waals surface area contributed by atoms with Crippen molar-refractivity contribution in [1.29, 1.82) is 0 Å². The van der Waals surface area contributed by atoms with Crippen LogP contribution >= 0.6 is 0 Å². The van der Waals surface area contributed by atoms with E-state index in [2.05, 4.69) is 10.3 Å². The van der Waals surface area contributed by atoms with Crippen LogP contribution in [0.2, 0.25) is 0 Å². The Morgan fingerprint density at radius 2 is 1.86 bits per heavy atom. The first kappa shape index (κ1) is 22.7. The molecule has 0 bridgehead atoms. The third-order valence-corrected chi connectivity index (χ3v) is 5.13. The molecule has 0 spiro atoms. The minimum atomic E-state index is -0.629. The lowest BCUT2D eigenvalue weighted by Crippen LogP contribution is -2.51. The highest BCUT2D eigenvalue weighted by molar-refractivity contribution is 5.90. The number of nitrogens with one attached hydrogen (secondary N) is 1. The molecule has 8 heteroatoms. The molecule has 1 heterocycles. The van der Waals surface area contributed by atoms with Gasteiger partial charge in [0.05, 0.1) is 6.04 Å². The van der Waals surface area contributed by atoms with Gasteiger partial charge in [0.15, 0.2) is 5.96 Å². The summed E-state index contributed by atoms with van der Waals surface area (Å²) in [6.45, 7) is 1.83. The van der Waals surface area contributed by atoms with Crippen molar-refractivity contribution in [1.82, 2.24) is 10.2 Å². The van der Waals surface area contributed by atoms with Crippen LogP contribution < -0.4 is 22.5 Å². The Labute approximate surface area is 172 Å². The number of amides is 2. The first-order chi connectivity index (χ1) is 14.0. The van der Waals surface area contributed by atoms with Gasteiger partial charge in [-0.15, -0.1) is 0 Å². The van der Waals surface area contributed by atoms with E-state index in [1.807, 2.05) is 30.3 Å². The van der Waals surface area contributed by atoms with Crippen LogP contribution in [0.1, 0.15) is 44.1 Å². The molecule has 0 radical (unpaired) electrons. The summed E-state index contributed by atoms with van der Waals surface area (Å²) in [7, 11) is 0. The van der Waals surface area contributed by atoms with Gasteiger partial charge >= 0.3 is 0 Å². The molecule has 0 saturated carbocycles. The first-order valence-corrected chi connectivity index (χ1v) is 10.4. The number of unbranched alkanes of at least 4 members (excludes halogenated alkanes) is 3. The Balaban J connectivity index is 1.71. The Bertz CT molecular complexity index is 675. The van der Waals surface area contributed by atoms with Crippen molar-refractivity contribution >= 4 is 17.8 Å². The van der Waals surface area contributed by atoms with Crippen LogP contribution in [0, 0.1) is 0 Å². The maximum Gasteiger partial charge on any atom is 0.242 e. The monoisotopic (exact) mass is 402 g/mol. The van der Waals surface area contributed by atoms with Crippen LogP contribution in [0.5, 0.6) is 0 Å². The number of hydrogen-bond donors (Lipinski definition) is 4. The molecule has 1 aromatic rings. The van der Waals surface area contributed by atoms with E-state index in [1.54, 1.807) is 4.90 Å². The summed E-state index contributed by atoms with van der Waals surface area (Å²) in [4.78, 5) is 30.9. The average Bonchev–Trinajstić information content (AvgIpc) is 3.19. The molecular weight excluding hydrogens is 368 g/mol. The van der Waals surface area contributed by atoms with E-state index in [1.165, 1.54) is 0 Å². The molecule has 1 saturated heterocycles. The molecule has 160 valence electrons. The van der Waals surface area contributed by atoms with E-state index in [0.717, 1.165) is 37.7 Å². The van der Waals surface area contributed by atoms with Crippen molar-refractivity contribution in [2.45, 2.75) is 57.0 Å². The smallest absolute Gasteiger partial charge is 0.242 e. The molecule has 1 aromatic carbocycles. The Kier molecular flexibility index (Phi) is 9.43. The number of aliphatic imine (C=N–C) groups is 1. The largest absolute Gasteiger partial charge is 0.370 e. The summed E-state index contributed by atoms with van der Waals surface area (Å²) in [6, 6.07) is 8.67. The number of nitrogens with two attached hydrogens (primary N) is 3. The SMILES string of the molecule is NC(N)=NCCCCCCNC(=O)[C@@H]1CCCN1C(=O)[C@H](N)Cc1ccccc1. The van der Waals surface area contributed by atoms with E-state index in [-0.39, 0.29) is 17.8 Å². The Hall–Kier alpha value is -2.61. The van der Waals surface area contributed by atoms with Crippen molar-refractivity contribution in [3.8, 4) is 0 Å². The first-order valence-electron chi connectivity index (χ1n) is 10.4. The highest BCUT2D eigenvalue weighted by Crippen LogP contribution is 2.19. The van der Waals surface area contributed by atoms with Crippen LogP contribution in [0.4, 0.5) is 0 Å². The van der Waals surface area contributed by atoms with Crippen molar-refractivity contribution in [2.24, 2.45) is 22.2 Å². The van der Waals surface area contributed by atoms with Gasteiger partial charge in [-0.05, 0) is 37.7 Å². The number of carbonyl (C=O) groups is 2. The van der Waals surface area contributed by atoms with Gasteiger partial charge in [0, 0.05) is 19.6 Å². The van der Waals surface area contributed by atoms with Crippen LogP contribution in [0.25, 0.3) is 0 Å². The summed E-state index contributed by atoms with van der Waals surface area (Å²) in [5, 5.41) is 2.97. The van der Waals surface area contributed by atoms with Gasteiger partial charge in [-0.25, -0.2) is 0 Å². The predicted octanol–water partition coefficient (Wildman–Crippen LogP) is 0.497. The zero-order chi connectivity index (χ0) is 21.1. The molecule has 0 aromatic heterocycles. The van der Waals surface area contributed by atoms with Gasteiger partial charge in [0.1, 0.15) is 6.04 Å². The van der Waals surface area contributed by atoms with E-state index in [4.69, 9.17) is 17.2 Å². The zero-order valence-electron chi connectivity index (χ0n) is 17.1. The minimum Gasteiger partial charge on any atom is -0.370 e. The summed E-state index contributed by atoms with van der Waals surface area (Å²) < 4.78 is 0. The number of guanidine groups is 1.